The molecule has 0 aromatic rings. The van der Waals surface area contributed by atoms with Gasteiger partial charge >= 0.3 is 0 Å². The number of rotatable bonds is 0. The Balaban J connectivity index is 2.81. The second-order valence-electron chi connectivity index (χ2n) is 5.08. The maximum Gasteiger partial charge on any atom is 0.116 e. The summed E-state index contributed by atoms with van der Waals surface area (Å²) in [6, 6.07) is 0. The second kappa shape index (κ2) is 2.63. The number of hydrogen-bond acceptors (Lipinski definition) is 3. The van der Waals surface area contributed by atoms with Crippen LogP contribution in [0.5, 0.6) is 0 Å². The van der Waals surface area contributed by atoms with Crippen LogP contribution in [0.2, 0.25) is 0 Å². The van der Waals surface area contributed by atoms with Crippen molar-refractivity contribution in [2.75, 3.05) is 0 Å². The number of hydrogen-bond donors (Lipinski definition) is 2. The third-order valence-electron chi connectivity index (χ3n) is 2.02. The van der Waals surface area contributed by atoms with Crippen LogP contribution in [0, 0.1) is 0 Å². The molecule has 0 spiro atoms. The molecule has 72 valence electrons. The molecular weight excluding hydrogens is 170 g/mol. The molecule has 3 heteroatoms. The Bertz CT molecular complexity index is 142. The fourth-order valence-corrected chi connectivity index (χ4v) is 4.50. The fourth-order valence-electron chi connectivity index (χ4n) is 2.36. The summed E-state index contributed by atoms with van der Waals surface area (Å²) in [4.78, 5) is 0. The predicted molar refractivity (Wildman–Crippen MR) is 54.1 cm³/mol. The lowest BCUT2D eigenvalue weighted by molar-refractivity contribution is 0.00861. The van der Waals surface area contributed by atoms with Crippen LogP contribution in [0.4, 0.5) is 0 Å². The molecule has 0 saturated carbocycles. The van der Waals surface area contributed by atoms with Gasteiger partial charge in [-0.25, -0.2) is 0 Å². The lowest BCUT2D eigenvalue weighted by atomic mass is 9.90. The Kier molecular flexibility index (Phi) is 2.27. The van der Waals surface area contributed by atoms with Gasteiger partial charge < -0.3 is 10.8 Å². The van der Waals surface area contributed by atoms with E-state index in [1.165, 1.54) is 0 Å². The number of aliphatic hydroxyl groups is 1. The molecular formula is C9H19NOS. The van der Waals surface area contributed by atoms with E-state index in [-0.39, 0.29) is 9.49 Å². The zero-order valence-corrected chi connectivity index (χ0v) is 9.16. The van der Waals surface area contributed by atoms with E-state index < -0.39 is 5.72 Å². The normalized spacial score (nSPS) is 31.5. The third-order valence-corrected chi connectivity index (χ3v) is 3.41. The van der Waals surface area contributed by atoms with Gasteiger partial charge in [-0.05, 0) is 0 Å². The Hall–Kier alpha value is 0.270. The molecule has 2 nitrogen and oxygen atoms in total. The maximum absolute atomic E-state index is 9.81. The summed E-state index contributed by atoms with van der Waals surface area (Å²) in [6.45, 7) is 8.54. The minimum Gasteiger partial charge on any atom is -0.376 e. The van der Waals surface area contributed by atoms with Crippen LogP contribution in [-0.2, 0) is 0 Å². The van der Waals surface area contributed by atoms with Crippen molar-refractivity contribution in [2.45, 2.75) is 55.8 Å². The molecule has 1 heterocycles. The first-order valence-corrected chi connectivity index (χ1v) is 5.15. The molecule has 1 aliphatic rings. The monoisotopic (exact) mass is 189 g/mol. The van der Waals surface area contributed by atoms with Crippen molar-refractivity contribution < 1.29 is 5.11 Å². The van der Waals surface area contributed by atoms with Gasteiger partial charge in [-0.15, -0.1) is 11.8 Å². The van der Waals surface area contributed by atoms with Gasteiger partial charge in [-0.2, -0.15) is 0 Å². The number of nitrogens with two attached hydrogens (primary N) is 1. The maximum atomic E-state index is 9.81. The van der Waals surface area contributed by atoms with Gasteiger partial charge in [0.05, 0.1) is 0 Å². The van der Waals surface area contributed by atoms with Gasteiger partial charge in [-0.1, -0.05) is 27.7 Å². The van der Waals surface area contributed by atoms with Crippen LogP contribution < -0.4 is 5.73 Å². The SMILES string of the molecule is CC1(C)CC(N)(O)CC(C)(C)S1. The van der Waals surface area contributed by atoms with Gasteiger partial charge in [0, 0.05) is 22.3 Å². The average molecular weight is 189 g/mol. The van der Waals surface area contributed by atoms with E-state index in [4.69, 9.17) is 5.73 Å². The lowest BCUT2D eigenvalue weighted by Gasteiger charge is -2.47. The van der Waals surface area contributed by atoms with Crippen LogP contribution in [0.15, 0.2) is 0 Å². The summed E-state index contributed by atoms with van der Waals surface area (Å²) in [5.41, 5.74) is 4.80. The largest absolute Gasteiger partial charge is 0.376 e. The van der Waals surface area contributed by atoms with Crippen molar-refractivity contribution in [2.24, 2.45) is 5.73 Å². The third kappa shape index (κ3) is 2.64. The first-order chi connectivity index (χ1) is 5.12. The minimum absolute atomic E-state index is 0.0885. The molecule has 0 atom stereocenters. The van der Waals surface area contributed by atoms with Crippen molar-refractivity contribution >= 4 is 11.8 Å². The Labute approximate surface area is 78.9 Å². The van der Waals surface area contributed by atoms with Crippen molar-refractivity contribution in [3.8, 4) is 0 Å². The summed E-state index contributed by atoms with van der Waals surface area (Å²) < 4.78 is 0.177. The molecule has 0 aromatic heterocycles. The average Bonchev–Trinajstić information content (AvgIpc) is 1.44. The second-order valence-corrected chi connectivity index (χ2v) is 7.49. The summed E-state index contributed by atoms with van der Waals surface area (Å²) in [6.07, 6.45) is 1.35. The van der Waals surface area contributed by atoms with Crippen LogP contribution in [0.25, 0.3) is 0 Å². The molecule has 0 aromatic carbocycles. The van der Waals surface area contributed by atoms with Crippen molar-refractivity contribution in [3.05, 3.63) is 0 Å². The van der Waals surface area contributed by atoms with E-state index in [0.29, 0.717) is 12.8 Å². The molecule has 12 heavy (non-hydrogen) atoms. The topological polar surface area (TPSA) is 46.2 Å². The summed E-state index contributed by atoms with van der Waals surface area (Å²) in [7, 11) is 0. The van der Waals surface area contributed by atoms with Gasteiger partial charge in [0.25, 0.3) is 0 Å². The molecule has 1 aliphatic heterocycles. The van der Waals surface area contributed by atoms with E-state index in [1.54, 1.807) is 0 Å². The molecule has 0 bridgehead atoms. The van der Waals surface area contributed by atoms with Crippen LogP contribution in [0.3, 0.4) is 0 Å². The Morgan fingerprint density at radius 3 is 1.67 bits per heavy atom. The van der Waals surface area contributed by atoms with E-state index >= 15 is 0 Å². The first-order valence-electron chi connectivity index (χ1n) is 4.33. The van der Waals surface area contributed by atoms with Gasteiger partial charge in [0.1, 0.15) is 5.72 Å². The highest BCUT2D eigenvalue weighted by Gasteiger charge is 2.44. The van der Waals surface area contributed by atoms with Crippen LogP contribution >= 0.6 is 11.8 Å². The van der Waals surface area contributed by atoms with Gasteiger partial charge in [0.15, 0.2) is 0 Å². The summed E-state index contributed by atoms with van der Waals surface area (Å²) >= 11 is 1.91. The highest BCUT2D eigenvalue weighted by Crippen LogP contribution is 2.49. The highest BCUT2D eigenvalue weighted by atomic mass is 32.2. The highest BCUT2D eigenvalue weighted by molar-refractivity contribution is 8.02. The van der Waals surface area contributed by atoms with Crippen molar-refractivity contribution in [1.29, 1.82) is 0 Å². The van der Waals surface area contributed by atoms with E-state index in [1.807, 2.05) is 11.8 Å². The first kappa shape index (κ1) is 10.4. The lowest BCUT2D eigenvalue weighted by Crippen LogP contribution is -2.53. The molecule has 1 fully saturated rings. The summed E-state index contributed by atoms with van der Waals surface area (Å²) in [5, 5.41) is 9.81. The molecule has 1 saturated heterocycles. The standard InChI is InChI=1S/C9H19NOS/c1-7(2)5-9(10,11)6-8(3,4)12-7/h11H,5-6,10H2,1-4H3. The van der Waals surface area contributed by atoms with E-state index in [2.05, 4.69) is 27.7 Å². The van der Waals surface area contributed by atoms with Gasteiger partial charge in [-0.3, -0.25) is 0 Å². The predicted octanol–water partition coefficient (Wildman–Crippen LogP) is 1.72. The van der Waals surface area contributed by atoms with Crippen molar-refractivity contribution in [3.63, 3.8) is 0 Å². The van der Waals surface area contributed by atoms with Crippen LogP contribution in [-0.4, -0.2) is 20.3 Å². The molecule has 3 N–H and O–H groups in total. The molecule has 0 radical (unpaired) electrons. The van der Waals surface area contributed by atoms with E-state index in [0.717, 1.165) is 0 Å². The smallest absolute Gasteiger partial charge is 0.116 e. The molecule has 1 rings (SSSR count). The van der Waals surface area contributed by atoms with Crippen LogP contribution in [0.1, 0.15) is 40.5 Å². The Morgan fingerprint density at radius 2 is 1.42 bits per heavy atom. The zero-order chi connectivity index (χ0) is 9.62. The molecule has 0 aliphatic carbocycles. The van der Waals surface area contributed by atoms with Crippen molar-refractivity contribution in [1.82, 2.24) is 0 Å². The number of thioether (sulfide) groups is 1. The quantitative estimate of drug-likeness (QED) is 0.570. The minimum atomic E-state index is -0.974. The zero-order valence-electron chi connectivity index (χ0n) is 8.35. The van der Waals surface area contributed by atoms with E-state index in [9.17, 15) is 5.11 Å². The Morgan fingerprint density at radius 1 is 1.08 bits per heavy atom. The molecule has 0 unspecified atom stereocenters. The van der Waals surface area contributed by atoms with Gasteiger partial charge in [0.2, 0.25) is 0 Å². The molecule has 0 amide bonds. The fraction of sp³-hybridized carbons (Fsp3) is 1.00. The summed E-state index contributed by atoms with van der Waals surface area (Å²) in [5.74, 6) is 0.